The Morgan fingerprint density at radius 1 is 1.32 bits per heavy atom. The zero-order valence-electron chi connectivity index (χ0n) is 11.8. The molecule has 1 N–H and O–H groups in total. The third-order valence-electron chi connectivity index (χ3n) is 3.25. The number of hydrogen-bond donors (Lipinski definition) is 1. The molecule has 1 aromatic heterocycles. The van der Waals surface area contributed by atoms with Gasteiger partial charge in [-0.25, -0.2) is 0 Å². The molecular formula is C17H22N2. The van der Waals surface area contributed by atoms with Crippen molar-refractivity contribution in [3.63, 3.8) is 0 Å². The normalized spacial score (nSPS) is 12.5. The van der Waals surface area contributed by atoms with Gasteiger partial charge in [0.2, 0.25) is 0 Å². The number of nitrogens with zero attached hydrogens (tertiary/aromatic N) is 1. The molecule has 2 aromatic rings. The molecule has 0 aliphatic rings. The quantitative estimate of drug-likeness (QED) is 0.780. The van der Waals surface area contributed by atoms with E-state index in [1.165, 1.54) is 16.5 Å². The van der Waals surface area contributed by atoms with Crippen molar-refractivity contribution in [2.24, 2.45) is 0 Å². The van der Waals surface area contributed by atoms with Crippen LogP contribution in [0.25, 0.3) is 10.9 Å². The van der Waals surface area contributed by atoms with E-state index in [1.54, 1.807) is 0 Å². The van der Waals surface area contributed by atoms with Gasteiger partial charge in [-0.2, -0.15) is 0 Å². The second-order valence-corrected chi connectivity index (χ2v) is 5.09. The summed E-state index contributed by atoms with van der Waals surface area (Å²) in [5.41, 5.74) is 3.58. The fourth-order valence-electron chi connectivity index (χ4n) is 2.38. The molecule has 2 nitrogen and oxygen atoms in total. The van der Waals surface area contributed by atoms with Gasteiger partial charge in [0, 0.05) is 17.6 Å². The summed E-state index contributed by atoms with van der Waals surface area (Å²) in [4.78, 5) is 4.43. The Kier molecular flexibility index (Phi) is 4.69. The predicted molar refractivity (Wildman–Crippen MR) is 82.2 cm³/mol. The van der Waals surface area contributed by atoms with Crippen LogP contribution in [0.2, 0.25) is 0 Å². The first-order valence-corrected chi connectivity index (χ1v) is 6.93. The van der Waals surface area contributed by atoms with Crippen LogP contribution in [-0.4, -0.2) is 11.5 Å². The molecular weight excluding hydrogens is 232 g/mol. The lowest BCUT2D eigenvalue weighted by Crippen LogP contribution is -2.22. The van der Waals surface area contributed by atoms with Crippen LogP contribution in [-0.2, 0) is 0 Å². The molecule has 2 heteroatoms. The standard InChI is InChI=1S/C17H22N2/c1-4-10-18-17(12-13(2)3)15-9-11-19-16-8-6-5-7-14(15)16/h5-9,11,17-18H,2,4,10,12H2,1,3H3. The van der Waals surface area contributed by atoms with Gasteiger partial charge in [0.25, 0.3) is 0 Å². The van der Waals surface area contributed by atoms with E-state index in [1.807, 2.05) is 12.3 Å². The van der Waals surface area contributed by atoms with E-state index in [4.69, 9.17) is 0 Å². The van der Waals surface area contributed by atoms with Gasteiger partial charge >= 0.3 is 0 Å². The minimum atomic E-state index is 0.324. The van der Waals surface area contributed by atoms with Crippen molar-refractivity contribution in [2.45, 2.75) is 32.7 Å². The highest BCUT2D eigenvalue weighted by atomic mass is 14.9. The summed E-state index contributed by atoms with van der Waals surface area (Å²) in [6.45, 7) is 9.35. The minimum absolute atomic E-state index is 0.324. The lowest BCUT2D eigenvalue weighted by atomic mass is 9.97. The zero-order valence-corrected chi connectivity index (χ0v) is 11.8. The molecule has 0 radical (unpaired) electrons. The van der Waals surface area contributed by atoms with E-state index >= 15 is 0 Å². The summed E-state index contributed by atoms with van der Waals surface area (Å²) < 4.78 is 0. The first-order chi connectivity index (χ1) is 9.22. The molecule has 100 valence electrons. The van der Waals surface area contributed by atoms with Crippen molar-refractivity contribution in [3.05, 3.63) is 54.2 Å². The highest BCUT2D eigenvalue weighted by Crippen LogP contribution is 2.26. The molecule has 1 aromatic carbocycles. The van der Waals surface area contributed by atoms with Gasteiger partial charge in [0.15, 0.2) is 0 Å². The summed E-state index contributed by atoms with van der Waals surface area (Å²) in [6.07, 6.45) is 4.00. The fourth-order valence-corrected chi connectivity index (χ4v) is 2.38. The number of fused-ring (bicyclic) bond motifs is 1. The molecule has 0 aliphatic carbocycles. The van der Waals surface area contributed by atoms with E-state index < -0.39 is 0 Å². The largest absolute Gasteiger partial charge is 0.310 e. The lowest BCUT2D eigenvalue weighted by Gasteiger charge is -2.20. The van der Waals surface area contributed by atoms with Crippen LogP contribution in [0.1, 0.15) is 38.3 Å². The number of pyridine rings is 1. The van der Waals surface area contributed by atoms with Gasteiger partial charge in [-0.15, -0.1) is 6.58 Å². The highest BCUT2D eigenvalue weighted by molar-refractivity contribution is 5.82. The zero-order chi connectivity index (χ0) is 13.7. The van der Waals surface area contributed by atoms with Crippen LogP contribution in [0, 0.1) is 0 Å². The van der Waals surface area contributed by atoms with Crippen LogP contribution >= 0.6 is 0 Å². The average molecular weight is 254 g/mol. The molecule has 0 saturated carbocycles. The van der Waals surface area contributed by atoms with E-state index in [0.29, 0.717) is 6.04 Å². The smallest absolute Gasteiger partial charge is 0.0705 e. The van der Waals surface area contributed by atoms with Crippen molar-refractivity contribution in [1.29, 1.82) is 0 Å². The number of nitrogens with one attached hydrogen (secondary N) is 1. The third kappa shape index (κ3) is 3.42. The van der Waals surface area contributed by atoms with Crippen molar-refractivity contribution in [3.8, 4) is 0 Å². The van der Waals surface area contributed by atoms with Gasteiger partial charge < -0.3 is 5.32 Å². The summed E-state index contributed by atoms with van der Waals surface area (Å²) >= 11 is 0. The van der Waals surface area contributed by atoms with Gasteiger partial charge in [0.05, 0.1) is 5.52 Å². The molecule has 1 unspecified atom stereocenters. The number of rotatable bonds is 6. The topological polar surface area (TPSA) is 24.9 Å². The molecule has 1 atom stereocenters. The molecule has 2 rings (SSSR count). The fraction of sp³-hybridized carbons (Fsp3) is 0.353. The van der Waals surface area contributed by atoms with E-state index in [2.05, 4.69) is 55.0 Å². The molecule has 0 saturated heterocycles. The molecule has 19 heavy (non-hydrogen) atoms. The van der Waals surface area contributed by atoms with E-state index in [9.17, 15) is 0 Å². The van der Waals surface area contributed by atoms with Crippen LogP contribution in [0.15, 0.2) is 48.7 Å². The van der Waals surface area contributed by atoms with Crippen molar-refractivity contribution >= 4 is 10.9 Å². The Balaban J connectivity index is 2.39. The molecule has 1 heterocycles. The Morgan fingerprint density at radius 3 is 2.84 bits per heavy atom. The Bertz CT molecular complexity index is 555. The summed E-state index contributed by atoms with van der Waals surface area (Å²) in [7, 11) is 0. The number of hydrogen-bond acceptors (Lipinski definition) is 2. The number of para-hydroxylation sites is 1. The van der Waals surface area contributed by atoms with Crippen molar-refractivity contribution in [2.75, 3.05) is 6.54 Å². The van der Waals surface area contributed by atoms with Gasteiger partial charge in [-0.3, -0.25) is 4.98 Å². The first kappa shape index (κ1) is 13.8. The maximum atomic E-state index is 4.43. The predicted octanol–water partition coefficient (Wildman–Crippen LogP) is 4.24. The lowest BCUT2D eigenvalue weighted by molar-refractivity contribution is 0.531. The second-order valence-electron chi connectivity index (χ2n) is 5.09. The van der Waals surface area contributed by atoms with Crippen molar-refractivity contribution in [1.82, 2.24) is 10.3 Å². The molecule has 0 bridgehead atoms. The van der Waals surface area contributed by atoms with E-state index in [-0.39, 0.29) is 0 Å². The SMILES string of the molecule is C=C(C)CC(NCCC)c1ccnc2ccccc12. The van der Waals surface area contributed by atoms with Crippen molar-refractivity contribution < 1.29 is 0 Å². The van der Waals surface area contributed by atoms with Crippen LogP contribution in [0.4, 0.5) is 0 Å². The summed E-state index contributed by atoms with van der Waals surface area (Å²) in [5, 5.41) is 4.86. The van der Waals surface area contributed by atoms with Gasteiger partial charge in [-0.05, 0) is 44.0 Å². The first-order valence-electron chi connectivity index (χ1n) is 6.93. The molecule has 0 aliphatic heterocycles. The van der Waals surface area contributed by atoms with Crippen LogP contribution < -0.4 is 5.32 Å². The van der Waals surface area contributed by atoms with Gasteiger partial charge in [-0.1, -0.05) is 30.7 Å². The monoisotopic (exact) mass is 254 g/mol. The molecule has 0 spiro atoms. The Morgan fingerprint density at radius 2 is 2.11 bits per heavy atom. The second kappa shape index (κ2) is 6.48. The highest BCUT2D eigenvalue weighted by Gasteiger charge is 2.13. The van der Waals surface area contributed by atoms with Crippen LogP contribution in [0.5, 0.6) is 0 Å². The maximum Gasteiger partial charge on any atom is 0.0705 e. The Hall–Kier alpha value is -1.67. The maximum absolute atomic E-state index is 4.43. The summed E-state index contributed by atoms with van der Waals surface area (Å²) in [5.74, 6) is 0. The molecule has 0 fully saturated rings. The van der Waals surface area contributed by atoms with Crippen LogP contribution in [0.3, 0.4) is 0 Å². The molecule has 0 amide bonds. The average Bonchev–Trinajstić information content (AvgIpc) is 2.42. The number of aromatic nitrogens is 1. The summed E-state index contributed by atoms with van der Waals surface area (Å²) in [6, 6.07) is 10.8. The van der Waals surface area contributed by atoms with Gasteiger partial charge in [0.1, 0.15) is 0 Å². The minimum Gasteiger partial charge on any atom is -0.310 e. The van der Waals surface area contributed by atoms with E-state index in [0.717, 1.165) is 24.9 Å². The third-order valence-corrected chi connectivity index (χ3v) is 3.25. The Labute approximate surface area is 115 Å². The number of benzene rings is 1.